The van der Waals surface area contributed by atoms with E-state index in [0.717, 1.165) is 34.8 Å². The number of nitrogens with zero attached hydrogens (tertiary/aromatic N) is 4. The maximum Gasteiger partial charge on any atom is 0.416 e. The molecular formula is C85H122N8O17S. The summed E-state index contributed by atoms with van der Waals surface area (Å²) in [5.74, 6) is 0.671. The molecule has 8 rings (SSSR count). The highest BCUT2D eigenvalue weighted by Crippen LogP contribution is 2.46. The molecule has 3 aromatic carbocycles. The normalized spacial score (nSPS) is 19.6. The molecule has 25 nitrogen and oxygen atoms in total. The third-order valence-corrected chi connectivity index (χ3v) is 23.1. The summed E-state index contributed by atoms with van der Waals surface area (Å²) in [5, 5.41) is 23.5. The molecule has 26 heteroatoms. The molecule has 1 aliphatic carbocycles. The van der Waals surface area contributed by atoms with E-state index >= 15 is 0 Å². The highest BCUT2D eigenvalue weighted by Gasteiger charge is 2.46. The molecule has 0 spiro atoms. The number of amides is 7. The van der Waals surface area contributed by atoms with Gasteiger partial charge in [-0.3, -0.25) is 33.8 Å². The number of aliphatic imine (C=N–C) groups is 1. The number of anilines is 2. The van der Waals surface area contributed by atoms with E-state index in [9.17, 15) is 38.7 Å². The van der Waals surface area contributed by atoms with Gasteiger partial charge in [0.05, 0.1) is 121 Å². The van der Waals surface area contributed by atoms with Gasteiger partial charge in [-0.1, -0.05) is 142 Å². The summed E-state index contributed by atoms with van der Waals surface area (Å²) in [5.41, 5.74) is 3.61. The Kier molecular flexibility index (Phi) is 36.6. The average Bonchev–Trinajstić information content (AvgIpc) is 1.61. The van der Waals surface area contributed by atoms with Crippen LogP contribution in [0.4, 0.5) is 21.9 Å². The number of thioether (sulfide) groups is 1. The third-order valence-electron chi connectivity index (χ3n) is 21.2. The van der Waals surface area contributed by atoms with Crippen LogP contribution in [-0.2, 0) is 49.5 Å². The largest absolute Gasteiger partial charge is 0.493 e. The van der Waals surface area contributed by atoms with Crippen LogP contribution in [0.25, 0.3) is 0 Å². The van der Waals surface area contributed by atoms with Crippen molar-refractivity contribution in [1.82, 2.24) is 25.8 Å². The lowest BCUT2D eigenvalue weighted by Crippen LogP contribution is -2.53. The topological polar surface area (TPSA) is 293 Å². The Morgan fingerprint density at radius 1 is 0.649 bits per heavy atom. The first kappa shape index (κ1) is 88.3. The van der Waals surface area contributed by atoms with Gasteiger partial charge in [0.1, 0.15) is 18.7 Å². The molecular weight excluding hydrogens is 1440 g/mol. The molecule has 111 heavy (non-hydrogen) atoms. The Hall–Kier alpha value is -8.27. The minimum Gasteiger partial charge on any atom is -0.493 e. The van der Waals surface area contributed by atoms with Crippen LogP contribution in [0.5, 0.6) is 23.0 Å². The fourth-order valence-electron chi connectivity index (χ4n) is 14.8. The number of ether oxygens (including phenoxy) is 9. The molecule has 0 saturated heterocycles. The molecule has 0 radical (unpaired) electrons. The van der Waals surface area contributed by atoms with E-state index in [1.54, 1.807) is 67.6 Å². The van der Waals surface area contributed by atoms with E-state index in [1.165, 1.54) is 122 Å². The van der Waals surface area contributed by atoms with Gasteiger partial charge in [-0.25, -0.2) is 9.69 Å². The molecule has 0 bridgehead atoms. The Morgan fingerprint density at radius 3 is 1.81 bits per heavy atom. The van der Waals surface area contributed by atoms with Crippen molar-refractivity contribution in [2.24, 2.45) is 22.7 Å². The van der Waals surface area contributed by atoms with Crippen LogP contribution in [0, 0.1) is 17.8 Å². The van der Waals surface area contributed by atoms with Gasteiger partial charge in [0.25, 0.3) is 11.8 Å². The number of carbonyl (C=O) groups excluding carboxylic acids is 7. The SMILES string of the molecule is C/C=C/C1=CN2C(=O)c3cc(OC)c(OCCCOc4cc5c(cc4OC)C(=O)N4C=C(/C=C/C)C[C@H]4[C@H](O)N5C(=O)OCc4ccc(NC(=O)[C@H](C)NC(=O)[C@@H](NC(=O)CCOCCOCCOCCOCCNC(=O)CSC(CC)(CC)C5CCCCCCCC(C)CCCCCC5)C(C)C)cc4)cc3N=C[C@@H]2C1. The molecule has 1 fully saturated rings. The quantitative estimate of drug-likeness (QED) is 0.0332. The van der Waals surface area contributed by atoms with Crippen molar-refractivity contribution >= 4 is 76.6 Å². The van der Waals surface area contributed by atoms with Gasteiger partial charge in [-0.2, -0.15) is 0 Å². The van der Waals surface area contributed by atoms with Crippen molar-refractivity contribution in [2.75, 3.05) is 103 Å². The molecule has 3 aromatic rings. The summed E-state index contributed by atoms with van der Waals surface area (Å²) in [4.78, 5) is 104. The first-order valence-electron chi connectivity index (χ1n) is 40.2. The van der Waals surface area contributed by atoms with E-state index in [4.69, 9.17) is 42.6 Å². The third kappa shape index (κ3) is 26.1. The maximum absolute atomic E-state index is 14.4. The highest BCUT2D eigenvalue weighted by molar-refractivity contribution is 8.01. The van der Waals surface area contributed by atoms with Crippen molar-refractivity contribution < 1.29 is 81.3 Å². The molecule has 610 valence electrons. The molecule has 7 amide bonds. The second-order valence-electron chi connectivity index (χ2n) is 29.5. The number of aliphatic hydroxyl groups excluding tert-OH is 1. The standard InChI is InChI=1S/C85H122N8O17S/c1-11-25-62-47-66-53-87-69-51-74(72(102-9)49-67(69)81(98)91(66)54-62)108-37-24-38-109-75-52-70-68(50-73(75)103-10)82(99)92-55-63(26-12-2)48-71(92)83(100)93(70)84(101)110-56-61-31-33-65(34-32-61)89-79(96)60(8)88-80(97)78(58(5)6)90-76(94)35-39-104-41-43-106-45-46-107-44-42-105-40-36-86-77(95)57-111-85(13-3,14-4)64-29-22-17-15-16-20-27-59(7)28-21-18-19-23-30-64/h11-12,25-26,31-34,49-55,58-60,64,66,71,78,83,100H,13-24,27-30,35-48,56-57H2,1-10H3,(H,86,95)(H,88,97)(H,89,96)(H,90,94)/b25-11+,26-12+/t59?,60-,64?,66-,71-,78-,83-/m0/s1. The number of benzene rings is 3. The predicted octanol–water partition coefficient (Wildman–Crippen LogP) is 13.9. The number of fused-ring (bicyclic) bond motifs is 4. The number of allylic oxidation sites excluding steroid dienone is 4. The van der Waals surface area contributed by atoms with Crippen LogP contribution in [0.3, 0.4) is 0 Å². The van der Waals surface area contributed by atoms with Gasteiger partial charge < -0.3 is 78.8 Å². The van der Waals surface area contributed by atoms with Gasteiger partial charge >= 0.3 is 6.09 Å². The number of aliphatic hydroxyl groups is 1. The van der Waals surface area contributed by atoms with Gasteiger partial charge in [-0.05, 0) is 118 Å². The minimum atomic E-state index is -1.58. The van der Waals surface area contributed by atoms with Crippen LogP contribution < -0.4 is 45.1 Å². The van der Waals surface area contributed by atoms with E-state index in [2.05, 4.69) is 47.0 Å². The fraction of sp³-hybridized carbons (Fsp3) is 0.600. The molecule has 5 N–H and O–H groups in total. The molecule has 0 aromatic heterocycles. The predicted molar refractivity (Wildman–Crippen MR) is 432 cm³/mol. The van der Waals surface area contributed by atoms with Gasteiger partial charge in [0.15, 0.2) is 29.2 Å². The van der Waals surface area contributed by atoms with Crippen LogP contribution in [-0.4, -0.2) is 190 Å². The number of carbonyl (C=O) groups is 7. The lowest BCUT2D eigenvalue weighted by Gasteiger charge is -2.40. The van der Waals surface area contributed by atoms with Crippen molar-refractivity contribution in [3.05, 3.63) is 113 Å². The number of rotatable bonds is 39. The highest BCUT2D eigenvalue weighted by atomic mass is 32.2. The Bertz CT molecular complexity index is 3690. The average molecular weight is 1560 g/mol. The first-order chi connectivity index (χ1) is 53.7. The summed E-state index contributed by atoms with van der Waals surface area (Å²) < 4.78 is 52.4. The zero-order valence-corrected chi connectivity index (χ0v) is 67.9. The minimum absolute atomic E-state index is 0.00333. The summed E-state index contributed by atoms with van der Waals surface area (Å²) >= 11 is 1.88. The molecule has 1 saturated carbocycles. The van der Waals surface area contributed by atoms with E-state index < -0.39 is 54.1 Å². The van der Waals surface area contributed by atoms with Crippen molar-refractivity contribution in [1.29, 1.82) is 0 Å². The Morgan fingerprint density at radius 2 is 1.21 bits per heavy atom. The maximum atomic E-state index is 14.4. The number of methoxy groups -OCH3 is 2. The summed E-state index contributed by atoms with van der Waals surface area (Å²) in [6.45, 7) is 18.9. The van der Waals surface area contributed by atoms with Gasteiger partial charge in [-0.15, -0.1) is 11.8 Å². The number of hydrogen-bond donors (Lipinski definition) is 5. The summed E-state index contributed by atoms with van der Waals surface area (Å²) in [6, 6.07) is 9.70. The zero-order valence-electron chi connectivity index (χ0n) is 67.1. The van der Waals surface area contributed by atoms with Crippen LogP contribution >= 0.6 is 11.8 Å². The summed E-state index contributed by atoms with van der Waals surface area (Å²) in [7, 11) is 2.92. The molecule has 7 atom stereocenters. The van der Waals surface area contributed by atoms with Crippen LogP contribution in [0.1, 0.15) is 204 Å². The van der Waals surface area contributed by atoms with Crippen molar-refractivity contribution in [3.63, 3.8) is 0 Å². The Balaban J connectivity index is 0.711. The van der Waals surface area contributed by atoms with E-state index in [0.29, 0.717) is 105 Å². The van der Waals surface area contributed by atoms with Gasteiger partial charge in [0.2, 0.25) is 23.6 Å². The van der Waals surface area contributed by atoms with Gasteiger partial charge in [0, 0.05) is 60.6 Å². The Labute approximate surface area is 661 Å². The second-order valence-corrected chi connectivity index (χ2v) is 30.9. The fourth-order valence-corrected chi connectivity index (χ4v) is 16.2. The summed E-state index contributed by atoms with van der Waals surface area (Å²) in [6.07, 6.45) is 30.9. The van der Waals surface area contributed by atoms with Crippen LogP contribution in [0.15, 0.2) is 101 Å². The van der Waals surface area contributed by atoms with E-state index in [-0.39, 0.29) is 97.1 Å². The van der Waals surface area contributed by atoms with Crippen molar-refractivity contribution in [3.8, 4) is 23.0 Å². The van der Waals surface area contributed by atoms with Crippen molar-refractivity contribution in [2.45, 2.75) is 219 Å². The second kappa shape index (κ2) is 46.0. The lowest BCUT2D eigenvalue weighted by atomic mass is 9.79. The lowest BCUT2D eigenvalue weighted by molar-refractivity contribution is -0.132. The van der Waals surface area contributed by atoms with Crippen LogP contribution in [0.2, 0.25) is 0 Å². The first-order valence-corrected chi connectivity index (χ1v) is 41.1. The smallest absolute Gasteiger partial charge is 0.416 e. The molecule has 5 aliphatic rings. The molecule has 4 heterocycles. The number of nitrogens with one attached hydrogen (secondary N) is 4. The zero-order chi connectivity index (χ0) is 79.7. The monoisotopic (exact) mass is 1560 g/mol. The number of hydrogen-bond acceptors (Lipinski definition) is 19. The molecule has 2 unspecified atom stereocenters. The van der Waals surface area contributed by atoms with E-state index in [1.807, 2.05) is 56.1 Å². The molecule has 4 aliphatic heterocycles.